The lowest BCUT2D eigenvalue weighted by atomic mass is 10.1. The van der Waals surface area contributed by atoms with Crippen LogP contribution in [-0.4, -0.2) is 16.0 Å². The number of rotatable bonds is 3. The van der Waals surface area contributed by atoms with Gasteiger partial charge in [-0.05, 0) is 62.2 Å². The smallest absolute Gasteiger partial charge is 0.323 e. The van der Waals surface area contributed by atoms with Crippen LogP contribution in [-0.2, 0) is 0 Å². The summed E-state index contributed by atoms with van der Waals surface area (Å²) in [4.78, 5) is 19.1. The monoisotopic (exact) mass is 449 g/mol. The Labute approximate surface area is 155 Å². The first-order chi connectivity index (χ1) is 11.5. The van der Waals surface area contributed by atoms with E-state index in [-0.39, 0.29) is 6.03 Å². The SMILES string of the molecule is Nc1ncc(-c2cccc(NC(=O)Nc3ccc(Br)c(Br)c3)c2)[nH]1. The van der Waals surface area contributed by atoms with E-state index in [1.165, 1.54) is 0 Å². The van der Waals surface area contributed by atoms with Crippen LogP contribution in [0.1, 0.15) is 0 Å². The Morgan fingerprint density at radius 1 is 1.04 bits per heavy atom. The van der Waals surface area contributed by atoms with Crippen LogP contribution in [0.4, 0.5) is 22.1 Å². The number of nitrogens with one attached hydrogen (secondary N) is 3. The number of nitrogens with zero attached hydrogens (tertiary/aromatic N) is 1. The number of carbonyl (C=O) groups excluding carboxylic acids is 1. The van der Waals surface area contributed by atoms with Crippen LogP contribution < -0.4 is 16.4 Å². The minimum absolute atomic E-state index is 0.328. The standard InChI is InChI=1S/C16H13Br2N5O/c17-12-5-4-11(7-13(12)18)22-16(24)21-10-3-1-2-9(6-10)14-8-20-15(19)23-14/h1-8H,(H3,19,20,23)(H2,21,22,24). The molecule has 3 aromatic rings. The number of aromatic nitrogens is 2. The average molecular weight is 451 g/mol. The lowest BCUT2D eigenvalue weighted by molar-refractivity contribution is 0.262. The highest BCUT2D eigenvalue weighted by Gasteiger charge is 2.07. The van der Waals surface area contributed by atoms with Crippen molar-refractivity contribution in [3.63, 3.8) is 0 Å². The van der Waals surface area contributed by atoms with Crippen LogP contribution in [0.2, 0.25) is 0 Å². The lowest BCUT2D eigenvalue weighted by Gasteiger charge is -2.09. The van der Waals surface area contributed by atoms with Gasteiger partial charge in [0.25, 0.3) is 0 Å². The maximum Gasteiger partial charge on any atom is 0.323 e. The minimum Gasteiger partial charge on any atom is -0.369 e. The number of hydrogen-bond acceptors (Lipinski definition) is 3. The zero-order chi connectivity index (χ0) is 17.1. The molecular formula is C16H13Br2N5O. The Morgan fingerprint density at radius 2 is 1.79 bits per heavy atom. The van der Waals surface area contributed by atoms with Crippen molar-refractivity contribution < 1.29 is 4.79 Å². The van der Waals surface area contributed by atoms with Gasteiger partial charge in [-0.2, -0.15) is 0 Å². The number of nitrogens with two attached hydrogens (primary N) is 1. The summed E-state index contributed by atoms with van der Waals surface area (Å²) in [5, 5.41) is 5.58. The number of urea groups is 1. The highest BCUT2D eigenvalue weighted by molar-refractivity contribution is 9.13. The molecule has 0 aliphatic carbocycles. The third-order valence-electron chi connectivity index (χ3n) is 3.20. The molecule has 8 heteroatoms. The average Bonchev–Trinajstić information content (AvgIpc) is 2.98. The molecule has 1 heterocycles. The number of benzene rings is 2. The van der Waals surface area contributed by atoms with E-state index < -0.39 is 0 Å². The predicted molar refractivity (Wildman–Crippen MR) is 103 cm³/mol. The van der Waals surface area contributed by atoms with Crippen LogP contribution in [0.15, 0.2) is 57.6 Å². The molecule has 0 aliphatic heterocycles. The van der Waals surface area contributed by atoms with Gasteiger partial charge in [0, 0.05) is 25.9 Å². The zero-order valence-electron chi connectivity index (χ0n) is 12.3. The van der Waals surface area contributed by atoms with Gasteiger partial charge in [0.05, 0.1) is 11.9 Å². The molecule has 1 aromatic heterocycles. The van der Waals surface area contributed by atoms with Gasteiger partial charge < -0.3 is 21.4 Å². The molecule has 0 radical (unpaired) electrons. The fourth-order valence-corrected chi connectivity index (χ4v) is 2.74. The highest BCUT2D eigenvalue weighted by atomic mass is 79.9. The molecule has 0 aliphatic rings. The van der Waals surface area contributed by atoms with Gasteiger partial charge >= 0.3 is 6.03 Å². The molecule has 0 fully saturated rings. The Bertz CT molecular complexity index is 894. The Hall–Kier alpha value is -2.32. The highest BCUT2D eigenvalue weighted by Crippen LogP contribution is 2.26. The quantitative estimate of drug-likeness (QED) is 0.460. The van der Waals surface area contributed by atoms with Crippen LogP contribution in [0.5, 0.6) is 0 Å². The largest absolute Gasteiger partial charge is 0.369 e. The fraction of sp³-hybridized carbons (Fsp3) is 0. The van der Waals surface area contributed by atoms with Gasteiger partial charge in [0.15, 0.2) is 5.95 Å². The Balaban J connectivity index is 1.71. The Morgan fingerprint density at radius 3 is 2.46 bits per heavy atom. The number of nitrogen functional groups attached to an aromatic ring is 1. The van der Waals surface area contributed by atoms with E-state index in [9.17, 15) is 4.79 Å². The van der Waals surface area contributed by atoms with Crippen molar-refractivity contribution in [1.82, 2.24) is 9.97 Å². The first kappa shape index (κ1) is 16.5. The van der Waals surface area contributed by atoms with Gasteiger partial charge in [-0.15, -0.1) is 0 Å². The number of aromatic amines is 1. The second-order valence-corrected chi connectivity index (χ2v) is 6.68. The predicted octanol–water partition coefficient (Wildman–Crippen LogP) is 4.83. The maximum absolute atomic E-state index is 12.1. The molecule has 0 atom stereocenters. The van der Waals surface area contributed by atoms with E-state index in [1.807, 2.05) is 30.3 Å². The maximum atomic E-state index is 12.1. The molecule has 5 N–H and O–H groups in total. The van der Waals surface area contributed by atoms with Gasteiger partial charge in [0.1, 0.15) is 0 Å². The summed E-state index contributed by atoms with van der Waals surface area (Å²) in [6.45, 7) is 0. The second-order valence-electron chi connectivity index (χ2n) is 4.97. The summed E-state index contributed by atoms with van der Waals surface area (Å²) in [5.41, 5.74) is 8.60. The molecule has 2 amide bonds. The molecule has 0 saturated heterocycles. The van der Waals surface area contributed by atoms with E-state index >= 15 is 0 Å². The molecule has 6 nitrogen and oxygen atoms in total. The van der Waals surface area contributed by atoms with Crippen LogP contribution in [0.25, 0.3) is 11.3 Å². The third kappa shape index (κ3) is 3.95. The summed E-state index contributed by atoms with van der Waals surface area (Å²) < 4.78 is 1.78. The Kier molecular flexibility index (Phi) is 4.86. The van der Waals surface area contributed by atoms with Crippen molar-refractivity contribution in [2.45, 2.75) is 0 Å². The van der Waals surface area contributed by atoms with Gasteiger partial charge in [-0.25, -0.2) is 9.78 Å². The number of H-pyrrole nitrogens is 1. The van der Waals surface area contributed by atoms with E-state index in [4.69, 9.17) is 5.73 Å². The summed E-state index contributed by atoms with van der Waals surface area (Å²) in [7, 11) is 0. The van der Waals surface area contributed by atoms with E-state index in [0.29, 0.717) is 17.3 Å². The molecule has 2 aromatic carbocycles. The molecule has 0 saturated carbocycles. The molecule has 3 rings (SSSR count). The zero-order valence-corrected chi connectivity index (χ0v) is 15.5. The fourth-order valence-electron chi connectivity index (χ4n) is 2.12. The number of halogens is 2. The molecule has 0 bridgehead atoms. The minimum atomic E-state index is -0.328. The first-order valence-corrected chi connectivity index (χ1v) is 8.54. The lowest BCUT2D eigenvalue weighted by Crippen LogP contribution is -2.19. The van der Waals surface area contributed by atoms with Crippen LogP contribution in [0.3, 0.4) is 0 Å². The number of hydrogen-bond donors (Lipinski definition) is 4. The third-order valence-corrected chi connectivity index (χ3v) is 5.08. The molecule has 122 valence electrons. The molecule has 24 heavy (non-hydrogen) atoms. The van der Waals surface area contributed by atoms with Gasteiger partial charge in [0.2, 0.25) is 0 Å². The number of amides is 2. The van der Waals surface area contributed by atoms with E-state index in [1.54, 1.807) is 18.3 Å². The second kappa shape index (κ2) is 7.06. The first-order valence-electron chi connectivity index (χ1n) is 6.95. The summed E-state index contributed by atoms with van der Waals surface area (Å²) in [5.74, 6) is 0.349. The normalized spacial score (nSPS) is 10.4. The van der Waals surface area contributed by atoms with Crippen LogP contribution in [0, 0.1) is 0 Å². The number of imidazole rings is 1. The van der Waals surface area contributed by atoms with Crippen molar-refractivity contribution in [3.8, 4) is 11.3 Å². The number of anilines is 3. The van der Waals surface area contributed by atoms with Crippen LogP contribution >= 0.6 is 31.9 Å². The molecular weight excluding hydrogens is 438 g/mol. The van der Waals surface area contributed by atoms with E-state index in [2.05, 4.69) is 52.5 Å². The van der Waals surface area contributed by atoms with Crippen molar-refractivity contribution >= 4 is 55.2 Å². The van der Waals surface area contributed by atoms with Crippen molar-refractivity contribution in [1.29, 1.82) is 0 Å². The summed E-state index contributed by atoms with van der Waals surface area (Å²) in [6.07, 6.45) is 1.65. The van der Waals surface area contributed by atoms with Gasteiger partial charge in [-0.3, -0.25) is 0 Å². The summed E-state index contributed by atoms with van der Waals surface area (Å²) >= 11 is 6.79. The molecule has 0 spiro atoms. The van der Waals surface area contributed by atoms with Crippen molar-refractivity contribution in [2.24, 2.45) is 0 Å². The molecule has 0 unspecified atom stereocenters. The van der Waals surface area contributed by atoms with Gasteiger partial charge in [-0.1, -0.05) is 12.1 Å². The number of carbonyl (C=O) groups is 1. The van der Waals surface area contributed by atoms with Crippen molar-refractivity contribution in [3.05, 3.63) is 57.6 Å². The van der Waals surface area contributed by atoms with Crippen molar-refractivity contribution in [2.75, 3.05) is 16.4 Å². The summed E-state index contributed by atoms with van der Waals surface area (Å²) in [6, 6.07) is 12.5. The van der Waals surface area contributed by atoms with E-state index in [0.717, 1.165) is 20.2 Å². The topological polar surface area (TPSA) is 95.8 Å².